The third-order valence-corrected chi connectivity index (χ3v) is 5.40. The molecule has 27 heavy (non-hydrogen) atoms. The summed E-state index contributed by atoms with van der Waals surface area (Å²) in [5.74, 6) is 0.00649. The monoisotopic (exact) mass is 381 g/mol. The number of aromatic nitrogens is 2. The van der Waals surface area contributed by atoms with Gasteiger partial charge in [0.2, 0.25) is 5.91 Å². The molecule has 1 N–H and O–H groups in total. The number of nitrogens with zero attached hydrogens (tertiary/aromatic N) is 4. The van der Waals surface area contributed by atoms with Crippen molar-refractivity contribution in [2.75, 3.05) is 38.0 Å². The average Bonchev–Trinajstić information content (AvgIpc) is 3.06. The van der Waals surface area contributed by atoms with Crippen LogP contribution in [-0.4, -0.2) is 57.2 Å². The van der Waals surface area contributed by atoms with Crippen LogP contribution in [0, 0.1) is 0 Å². The molecule has 1 fully saturated rings. The molecule has 6 nitrogen and oxygen atoms in total. The van der Waals surface area contributed by atoms with Crippen molar-refractivity contribution in [3.05, 3.63) is 54.1 Å². The van der Waals surface area contributed by atoms with E-state index >= 15 is 0 Å². The number of anilines is 1. The van der Waals surface area contributed by atoms with Gasteiger partial charge in [-0.15, -0.1) is 0 Å². The lowest BCUT2D eigenvalue weighted by atomic mass is 10.2. The molecule has 1 aromatic heterocycles. The Balaban J connectivity index is 1.30. The zero-order chi connectivity index (χ0) is 18.5. The largest absolute Gasteiger partial charge is 0.323 e. The SMILES string of the molecule is O=C(CN1CCCN(Cc2ccccc2)CC1)Nc1cccc2nsnc12. The maximum Gasteiger partial charge on any atom is 0.238 e. The Morgan fingerprint density at radius 3 is 2.67 bits per heavy atom. The Bertz CT molecular complexity index is 898. The number of hydrogen-bond acceptors (Lipinski definition) is 6. The van der Waals surface area contributed by atoms with Crippen molar-refractivity contribution in [2.45, 2.75) is 13.0 Å². The zero-order valence-corrected chi connectivity index (χ0v) is 16.0. The quantitative estimate of drug-likeness (QED) is 0.736. The number of fused-ring (bicyclic) bond motifs is 1. The van der Waals surface area contributed by atoms with Crippen LogP contribution in [-0.2, 0) is 11.3 Å². The smallest absolute Gasteiger partial charge is 0.238 e. The predicted molar refractivity (Wildman–Crippen MR) is 109 cm³/mol. The standard InChI is InChI=1S/C20H23N5OS/c26-19(21-17-8-4-9-18-20(17)23-27-22-18)15-25-11-5-10-24(12-13-25)14-16-6-2-1-3-7-16/h1-4,6-9H,5,10-15H2,(H,21,26). The molecule has 0 bridgehead atoms. The summed E-state index contributed by atoms with van der Waals surface area (Å²) < 4.78 is 8.50. The minimum absolute atomic E-state index is 0.00649. The second-order valence-electron chi connectivity index (χ2n) is 6.88. The first-order valence-corrected chi connectivity index (χ1v) is 10.0. The molecule has 0 aliphatic carbocycles. The van der Waals surface area contributed by atoms with Crippen LogP contribution in [0.1, 0.15) is 12.0 Å². The Kier molecular flexibility index (Phi) is 5.72. The molecular weight excluding hydrogens is 358 g/mol. The van der Waals surface area contributed by atoms with Gasteiger partial charge in [-0.25, -0.2) is 0 Å². The summed E-state index contributed by atoms with van der Waals surface area (Å²) in [6.45, 7) is 5.28. The molecular formula is C20H23N5OS. The number of carbonyl (C=O) groups is 1. The first-order valence-electron chi connectivity index (χ1n) is 9.28. The van der Waals surface area contributed by atoms with E-state index in [0.717, 1.165) is 55.9 Å². The van der Waals surface area contributed by atoms with Crippen molar-refractivity contribution in [3.63, 3.8) is 0 Å². The van der Waals surface area contributed by atoms with E-state index in [1.165, 1.54) is 17.3 Å². The fraction of sp³-hybridized carbons (Fsp3) is 0.350. The van der Waals surface area contributed by atoms with E-state index in [-0.39, 0.29) is 5.91 Å². The summed E-state index contributed by atoms with van der Waals surface area (Å²) in [5.41, 5.74) is 3.67. The van der Waals surface area contributed by atoms with Gasteiger partial charge in [-0.2, -0.15) is 8.75 Å². The Hall–Kier alpha value is -2.35. The van der Waals surface area contributed by atoms with Crippen molar-refractivity contribution in [1.29, 1.82) is 0 Å². The summed E-state index contributed by atoms with van der Waals surface area (Å²) >= 11 is 1.17. The van der Waals surface area contributed by atoms with Gasteiger partial charge in [-0.1, -0.05) is 36.4 Å². The Morgan fingerprint density at radius 1 is 0.963 bits per heavy atom. The number of nitrogens with one attached hydrogen (secondary N) is 1. The molecule has 0 unspecified atom stereocenters. The summed E-state index contributed by atoms with van der Waals surface area (Å²) in [5, 5.41) is 3.00. The fourth-order valence-corrected chi connectivity index (χ4v) is 4.03. The van der Waals surface area contributed by atoms with Crippen LogP contribution in [0.4, 0.5) is 5.69 Å². The third-order valence-electron chi connectivity index (χ3n) is 4.86. The minimum atomic E-state index is 0.00649. The molecule has 2 aromatic carbocycles. The summed E-state index contributed by atoms with van der Waals surface area (Å²) in [6.07, 6.45) is 1.08. The van der Waals surface area contributed by atoms with Gasteiger partial charge in [-0.3, -0.25) is 14.6 Å². The molecule has 3 aromatic rings. The van der Waals surface area contributed by atoms with Gasteiger partial charge in [0.05, 0.1) is 24.0 Å². The van der Waals surface area contributed by atoms with Crippen LogP contribution in [0.25, 0.3) is 11.0 Å². The number of hydrogen-bond donors (Lipinski definition) is 1. The highest BCUT2D eigenvalue weighted by Gasteiger charge is 2.18. The third kappa shape index (κ3) is 4.68. The normalized spacial score (nSPS) is 16.3. The van der Waals surface area contributed by atoms with Gasteiger partial charge in [-0.05, 0) is 37.2 Å². The Labute approximate surface area is 163 Å². The van der Waals surface area contributed by atoms with Gasteiger partial charge in [0, 0.05) is 19.6 Å². The lowest BCUT2D eigenvalue weighted by Crippen LogP contribution is -2.36. The summed E-state index contributed by atoms with van der Waals surface area (Å²) in [6, 6.07) is 16.2. The topological polar surface area (TPSA) is 61.4 Å². The van der Waals surface area contributed by atoms with E-state index in [2.05, 4.69) is 54.2 Å². The molecule has 0 saturated carbocycles. The molecule has 0 radical (unpaired) electrons. The zero-order valence-electron chi connectivity index (χ0n) is 15.2. The molecule has 2 heterocycles. The first kappa shape index (κ1) is 18.0. The maximum absolute atomic E-state index is 12.5. The second kappa shape index (κ2) is 8.56. The maximum atomic E-state index is 12.5. The first-order chi connectivity index (χ1) is 13.3. The van der Waals surface area contributed by atoms with Gasteiger partial charge < -0.3 is 5.32 Å². The van der Waals surface area contributed by atoms with Crippen molar-refractivity contribution in [2.24, 2.45) is 0 Å². The number of rotatable bonds is 5. The van der Waals surface area contributed by atoms with Crippen LogP contribution in [0.5, 0.6) is 0 Å². The summed E-state index contributed by atoms with van der Waals surface area (Å²) in [4.78, 5) is 17.2. The van der Waals surface area contributed by atoms with Gasteiger partial charge in [0.1, 0.15) is 11.0 Å². The highest BCUT2D eigenvalue weighted by Crippen LogP contribution is 2.21. The van der Waals surface area contributed by atoms with Crippen LogP contribution in [0.15, 0.2) is 48.5 Å². The molecule has 7 heteroatoms. The summed E-state index contributed by atoms with van der Waals surface area (Å²) in [7, 11) is 0. The molecule has 0 atom stereocenters. The van der Waals surface area contributed by atoms with Crippen LogP contribution in [0.2, 0.25) is 0 Å². The van der Waals surface area contributed by atoms with E-state index in [4.69, 9.17) is 0 Å². The van der Waals surface area contributed by atoms with Crippen molar-refractivity contribution in [3.8, 4) is 0 Å². The van der Waals surface area contributed by atoms with E-state index in [9.17, 15) is 4.79 Å². The van der Waals surface area contributed by atoms with E-state index in [1.807, 2.05) is 18.2 Å². The van der Waals surface area contributed by atoms with Gasteiger partial charge >= 0.3 is 0 Å². The van der Waals surface area contributed by atoms with E-state index in [1.54, 1.807) is 0 Å². The number of amides is 1. The molecule has 4 rings (SSSR count). The lowest BCUT2D eigenvalue weighted by Gasteiger charge is -2.21. The Morgan fingerprint density at radius 2 is 1.78 bits per heavy atom. The predicted octanol–water partition coefficient (Wildman–Crippen LogP) is 2.84. The fourth-order valence-electron chi connectivity index (χ4n) is 3.48. The minimum Gasteiger partial charge on any atom is -0.323 e. The van der Waals surface area contributed by atoms with Gasteiger partial charge in [0.25, 0.3) is 0 Å². The van der Waals surface area contributed by atoms with Crippen molar-refractivity contribution >= 4 is 34.4 Å². The average molecular weight is 382 g/mol. The highest BCUT2D eigenvalue weighted by atomic mass is 32.1. The second-order valence-corrected chi connectivity index (χ2v) is 7.41. The molecule has 1 saturated heterocycles. The molecule has 1 aliphatic rings. The van der Waals surface area contributed by atoms with Gasteiger partial charge in [0.15, 0.2) is 0 Å². The van der Waals surface area contributed by atoms with E-state index < -0.39 is 0 Å². The van der Waals surface area contributed by atoms with E-state index in [0.29, 0.717) is 6.54 Å². The molecule has 0 spiro atoms. The van der Waals surface area contributed by atoms with Crippen molar-refractivity contribution in [1.82, 2.24) is 18.5 Å². The molecule has 1 aliphatic heterocycles. The lowest BCUT2D eigenvalue weighted by molar-refractivity contribution is -0.117. The van der Waals surface area contributed by atoms with Crippen LogP contribution in [0.3, 0.4) is 0 Å². The number of carbonyl (C=O) groups excluding carboxylic acids is 1. The van der Waals surface area contributed by atoms with Crippen LogP contribution >= 0.6 is 11.7 Å². The number of benzene rings is 2. The van der Waals surface area contributed by atoms with Crippen molar-refractivity contribution < 1.29 is 4.79 Å². The van der Waals surface area contributed by atoms with Crippen LogP contribution < -0.4 is 5.32 Å². The molecule has 1 amide bonds. The highest BCUT2D eigenvalue weighted by molar-refractivity contribution is 7.00. The molecule has 140 valence electrons.